The largest absolute Gasteiger partial charge is 0.377 e. The van der Waals surface area contributed by atoms with Gasteiger partial charge in [-0.1, -0.05) is 13.0 Å². The normalized spacial score (nSPS) is 19.0. The predicted molar refractivity (Wildman–Crippen MR) is 80.1 cm³/mol. The molecule has 1 heterocycles. The summed E-state index contributed by atoms with van der Waals surface area (Å²) < 4.78 is 0. The van der Waals surface area contributed by atoms with Gasteiger partial charge in [-0.2, -0.15) is 0 Å². The van der Waals surface area contributed by atoms with E-state index in [0.717, 1.165) is 16.9 Å². The lowest BCUT2D eigenvalue weighted by molar-refractivity contribution is -0.131. The highest BCUT2D eigenvalue weighted by Crippen LogP contribution is 2.26. The standard InChI is InChI=1S/C15H21N3O2/c1-5-12-15(20)18(9-14(19)16-12)11-7-6-10(2)13(8-11)17(3)4/h6-8,12H,5,9H2,1-4H3,(H,16,19). The molecular weight excluding hydrogens is 254 g/mol. The Morgan fingerprint density at radius 3 is 2.65 bits per heavy atom. The maximum atomic E-state index is 12.4. The zero-order valence-corrected chi connectivity index (χ0v) is 12.4. The first-order chi connectivity index (χ1) is 9.43. The Morgan fingerprint density at radius 2 is 2.05 bits per heavy atom. The van der Waals surface area contributed by atoms with Gasteiger partial charge in [0.2, 0.25) is 11.8 Å². The van der Waals surface area contributed by atoms with Crippen LogP contribution in [0.1, 0.15) is 18.9 Å². The zero-order chi connectivity index (χ0) is 14.9. The molecule has 0 spiro atoms. The molecule has 2 amide bonds. The van der Waals surface area contributed by atoms with E-state index in [-0.39, 0.29) is 18.4 Å². The molecule has 0 saturated carbocycles. The summed E-state index contributed by atoms with van der Waals surface area (Å²) in [4.78, 5) is 27.7. The number of hydrogen-bond donors (Lipinski definition) is 1. The summed E-state index contributed by atoms with van der Waals surface area (Å²) >= 11 is 0. The van der Waals surface area contributed by atoms with E-state index < -0.39 is 6.04 Å². The number of rotatable bonds is 3. The number of nitrogens with one attached hydrogen (secondary N) is 1. The van der Waals surface area contributed by atoms with Crippen molar-refractivity contribution in [2.24, 2.45) is 0 Å². The van der Waals surface area contributed by atoms with Gasteiger partial charge in [-0.15, -0.1) is 0 Å². The third-order valence-electron chi connectivity index (χ3n) is 3.60. The topological polar surface area (TPSA) is 52.7 Å². The van der Waals surface area contributed by atoms with Crippen molar-refractivity contribution in [1.29, 1.82) is 0 Å². The molecule has 1 aliphatic heterocycles. The quantitative estimate of drug-likeness (QED) is 0.904. The molecule has 5 nitrogen and oxygen atoms in total. The highest BCUT2D eigenvalue weighted by Gasteiger charge is 2.32. The van der Waals surface area contributed by atoms with Crippen LogP contribution in [0.15, 0.2) is 18.2 Å². The van der Waals surface area contributed by atoms with Crippen molar-refractivity contribution >= 4 is 23.2 Å². The molecule has 0 radical (unpaired) electrons. The lowest BCUT2D eigenvalue weighted by atomic mass is 10.1. The van der Waals surface area contributed by atoms with Crippen LogP contribution >= 0.6 is 0 Å². The monoisotopic (exact) mass is 275 g/mol. The summed E-state index contributed by atoms with van der Waals surface area (Å²) in [6, 6.07) is 5.41. The predicted octanol–water partition coefficient (Wildman–Crippen LogP) is 1.30. The molecule has 108 valence electrons. The summed E-state index contributed by atoms with van der Waals surface area (Å²) in [7, 11) is 3.93. The molecule has 2 rings (SSSR count). The van der Waals surface area contributed by atoms with Crippen molar-refractivity contribution in [3.63, 3.8) is 0 Å². The number of anilines is 2. The third-order valence-corrected chi connectivity index (χ3v) is 3.60. The van der Waals surface area contributed by atoms with E-state index in [2.05, 4.69) is 5.32 Å². The molecule has 20 heavy (non-hydrogen) atoms. The van der Waals surface area contributed by atoms with Crippen molar-refractivity contribution in [1.82, 2.24) is 5.32 Å². The van der Waals surface area contributed by atoms with Gasteiger partial charge >= 0.3 is 0 Å². The van der Waals surface area contributed by atoms with E-state index >= 15 is 0 Å². The van der Waals surface area contributed by atoms with Gasteiger partial charge in [0.1, 0.15) is 12.6 Å². The summed E-state index contributed by atoms with van der Waals surface area (Å²) in [5.74, 6) is -0.149. The van der Waals surface area contributed by atoms with Crippen molar-refractivity contribution in [2.75, 3.05) is 30.4 Å². The second-order valence-electron chi connectivity index (χ2n) is 5.32. The second kappa shape index (κ2) is 5.53. The fourth-order valence-electron chi connectivity index (χ4n) is 2.45. The Labute approximate surface area is 119 Å². The smallest absolute Gasteiger partial charge is 0.250 e. The van der Waals surface area contributed by atoms with E-state index in [9.17, 15) is 9.59 Å². The van der Waals surface area contributed by atoms with Gasteiger partial charge in [0.05, 0.1) is 0 Å². The molecule has 0 aromatic heterocycles. The Bertz CT molecular complexity index is 540. The molecular formula is C15H21N3O2. The number of carbonyl (C=O) groups is 2. The molecule has 0 aliphatic carbocycles. The van der Waals surface area contributed by atoms with E-state index in [4.69, 9.17) is 0 Å². The molecule has 5 heteroatoms. The molecule has 1 unspecified atom stereocenters. The Hall–Kier alpha value is -2.04. The van der Waals surface area contributed by atoms with Gasteiger partial charge in [0.25, 0.3) is 0 Å². The van der Waals surface area contributed by atoms with E-state index in [1.165, 1.54) is 0 Å². The van der Waals surface area contributed by atoms with E-state index in [1.807, 2.05) is 51.0 Å². The zero-order valence-electron chi connectivity index (χ0n) is 12.4. The number of aryl methyl sites for hydroxylation is 1. The lowest BCUT2D eigenvalue weighted by Crippen LogP contribution is -2.58. The molecule has 1 atom stereocenters. The number of benzene rings is 1. The van der Waals surface area contributed by atoms with Crippen LogP contribution in [0.4, 0.5) is 11.4 Å². The van der Waals surface area contributed by atoms with Crippen molar-refractivity contribution in [2.45, 2.75) is 26.3 Å². The van der Waals surface area contributed by atoms with Crippen LogP contribution in [0.5, 0.6) is 0 Å². The van der Waals surface area contributed by atoms with Gasteiger partial charge in [0.15, 0.2) is 0 Å². The van der Waals surface area contributed by atoms with Crippen molar-refractivity contribution in [3.05, 3.63) is 23.8 Å². The Balaban J connectivity index is 2.37. The maximum absolute atomic E-state index is 12.4. The first kappa shape index (κ1) is 14.4. The van der Waals surface area contributed by atoms with Crippen LogP contribution in [0.2, 0.25) is 0 Å². The minimum absolute atomic E-state index is 0.0411. The van der Waals surface area contributed by atoms with E-state index in [1.54, 1.807) is 4.90 Å². The maximum Gasteiger partial charge on any atom is 0.250 e. The van der Waals surface area contributed by atoms with Crippen LogP contribution < -0.4 is 15.1 Å². The average Bonchev–Trinajstić information content (AvgIpc) is 2.41. The summed E-state index contributed by atoms with van der Waals surface area (Å²) in [6.07, 6.45) is 0.605. The molecule has 1 saturated heterocycles. The molecule has 1 aromatic rings. The number of amides is 2. The fourth-order valence-corrected chi connectivity index (χ4v) is 2.45. The van der Waals surface area contributed by atoms with Gasteiger partial charge in [0, 0.05) is 25.5 Å². The third kappa shape index (κ3) is 2.61. The fraction of sp³-hybridized carbons (Fsp3) is 0.467. The summed E-state index contributed by atoms with van der Waals surface area (Å²) in [6.45, 7) is 4.01. The molecule has 1 fully saturated rings. The lowest BCUT2D eigenvalue weighted by Gasteiger charge is -2.32. The highest BCUT2D eigenvalue weighted by molar-refractivity contribution is 6.06. The summed E-state index contributed by atoms with van der Waals surface area (Å²) in [5, 5.41) is 2.72. The molecule has 0 bridgehead atoms. The van der Waals surface area contributed by atoms with Crippen LogP contribution in [0.3, 0.4) is 0 Å². The molecule has 1 N–H and O–H groups in total. The second-order valence-corrected chi connectivity index (χ2v) is 5.32. The SMILES string of the molecule is CCC1NC(=O)CN(c2ccc(C)c(N(C)C)c2)C1=O. The number of carbonyl (C=O) groups excluding carboxylic acids is 2. The molecule has 1 aliphatic rings. The summed E-state index contributed by atoms with van der Waals surface area (Å²) in [5.41, 5.74) is 2.96. The van der Waals surface area contributed by atoms with Crippen LogP contribution in [0, 0.1) is 6.92 Å². The van der Waals surface area contributed by atoms with Crippen LogP contribution in [-0.4, -0.2) is 38.5 Å². The van der Waals surface area contributed by atoms with Gasteiger partial charge in [-0.05, 0) is 31.0 Å². The van der Waals surface area contributed by atoms with Gasteiger partial charge in [-0.25, -0.2) is 0 Å². The van der Waals surface area contributed by atoms with Gasteiger partial charge < -0.3 is 15.1 Å². The van der Waals surface area contributed by atoms with E-state index in [0.29, 0.717) is 6.42 Å². The van der Waals surface area contributed by atoms with Crippen LogP contribution in [-0.2, 0) is 9.59 Å². The minimum atomic E-state index is -0.416. The first-order valence-corrected chi connectivity index (χ1v) is 6.82. The first-order valence-electron chi connectivity index (χ1n) is 6.82. The van der Waals surface area contributed by atoms with Crippen molar-refractivity contribution < 1.29 is 9.59 Å². The van der Waals surface area contributed by atoms with Gasteiger partial charge in [-0.3, -0.25) is 9.59 Å². The number of nitrogens with zero attached hydrogens (tertiary/aromatic N) is 2. The van der Waals surface area contributed by atoms with Crippen molar-refractivity contribution in [3.8, 4) is 0 Å². The number of piperazine rings is 1. The number of hydrogen-bond acceptors (Lipinski definition) is 3. The average molecular weight is 275 g/mol. The molecule has 1 aromatic carbocycles. The van der Waals surface area contributed by atoms with Crippen LogP contribution in [0.25, 0.3) is 0 Å². The Morgan fingerprint density at radius 1 is 1.35 bits per heavy atom. The Kier molecular flexibility index (Phi) is 3.97. The highest BCUT2D eigenvalue weighted by atomic mass is 16.2. The minimum Gasteiger partial charge on any atom is -0.377 e.